The number of carbonyl (C=O) groups is 1. The van der Waals surface area contributed by atoms with E-state index in [1.54, 1.807) is 7.11 Å². The molecule has 0 bridgehead atoms. The molecule has 2 rings (SSSR count). The van der Waals surface area contributed by atoms with Gasteiger partial charge in [-0.2, -0.15) is 0 Å². The van der Waals surface area contributed by atoms with Gasteiger partial charge in [-0.15, -0.1) is 12.4 Å². The fourth-order valence-electron chi connectivity index (χ4n) is 1.86. The highest BCUT2D eigenvalue weighted by atomic mass is 35.5. The minimum Gasteiger partial charge on any atom is -0.497 e. The molecule has 1 aromatic rings. The molecule has 0 heterocycles. The zero-order chi connectivity index (χ0) is 13.0. The number of amides is 1. The van der Waals surface area contributed by atoms with Gasteiger partial charge in [0.25, 0.3) is 0 Å². The second-order valence-corrected chi connectivity index (χ2v) is 4.87. The van der Waals surface area contributed by atoms with E-state index in [9.17, 15) is 4.79 Å². The number of halogens is 1. The van der Waals surface area contributed by atoms with E-state index in [-0.39, 0.29) is 18.3 Å². The summed E-state index contributed by atoms with van der Waals surface area (Å²) in [6.45, 7) is 0.676. The summed E-state index contributed by atoms with van der Waals surface area (Å²) in [7, 11) is 1.66. The van der Waals surface area contributed by atoms with Gasteiger partial charge in [-0.1, -0.05) is 12.1 Å². The molecule has 0 aromatic heterocycles. The van der Waals surface area contributed by atoms with Crippen LogP contribution in [0, 0.1) is 0 Å². The molecule has 1 saturated carbocycles. The Morgan fingerprint density at radius 2 is 2.21 bits per heavy atom. The normalized spacial score (nSPS) is 15.3. The third-order valence-corrected chi connectivity index (χ3v) is 3.30. The average molecular weight is 285 g/mol. The van der Waals surface area contributed by atoms with Crippen LogP contribution in [-0.4, -0.2) is 25.1 Å². The first-order valence-electron chi connectivity index (χ1n) is 6.34. The predicted molar refractivity (Wildman–Crippen MR) is 77.7 cm³/mol. The van der Waals surface area contributed by atoms with Crippen molar-refractivity contribution in [2.75, 3.05) is 13.7 Å². The number of aryl methyl sites for hydroxylation is 1. The summed E-state index contributed by atoms with van der Waals surface area (Å²) in [5.74, 6) is 0.864. The maximum absolute atomic E-state index is 11.6. The van der Waals surface area contributed by atoms with Crippen molar-refractivity contribution in [2.45, 2.75) is 31.2 Å². The van der Waals surface area contributed by atoms with E-state index in [2.05, 4.69) is 11.4 Å². The van der Waals surface area contributed by atoms with E-state index in [0.717, 1.165) is 31.4 Å². The number of nitrogens with one attached hydrogen (secondary N) is 1. The highest BCUT2D eigenvalue weighted by Crippen LogP contribution is 2.31. The van der Waals surface area contributed by atoms with Crippen LogP contribution in [0.2, 0.25) is 0 Å². The summed E-state index contributed by atoms with van der Waals surface area (Å²) < 4.78 is 5.17. The molecule has 106 valence electrons. The van der Waals surface area contributed by atoms with Crippen LogP contribution in [0.5, 0.6) is 5.75 Å². The average Bonchev–Trinajstić information content (AvgIpc) is 3.14. The second kappa shape index (κ2) is 6.78. The van der Waals surface area contributed by atoms with Gasteiger partial charge < -0.3 is 15.8 Å². The van der Waals surface area contributed by atoms with Gasteiger partial charge in [0.15, 0.2) is 0 Å². The van der Waals surface area contributed by atoms with Crippen molar-refractivity contribution >= 4 is 18.3 Å². The smallest absolute Gasteiger partial charge is 0.240 e. The molecule has 5 heteroatoms. The fourth-order valence-corrected chi connectivity index (χ4v) is 1.86. The molecule has 1 amide bonds. The first-order chi connectivity index (χ1) is 8.64. The van der Waals surface area contributed by atoms with Crippen LogP contribution in [0.4, 0.5) is 0 Å². The highest BCUT2D eigenvalue weighted by molar-refractivity contribution is 5.88. The van der Waals surface area contributed by atoms with Crippen molar-refractivity contribution in [2.24, 2.45) is 5.73 Å². The Morgan fingerprint density at radius 1 is 1.47 bits per heavy atom. The van der Waals surface area contributed by atoms with Crippen LogP contribution in [-0.2, 0) is 11.2 Å². The molecule has 0 spiro atoms. The lowest BCUT2D eigenvalue weighted by Crippen LogP contribution is -2.43. The molecular weight excluding hydrogens is 264 g/mol. The van der Waals surface area contributed by atoms with Crippen molar-refractivity contribution in [1.82, 2.24) is 5.32 Å². The predicted octanol–water partition coefficient (Wildman–Crippen LogP) is 1.66. The third kappa shape index (κ3) is 4.40. The molecule has 0 unspecified atom stereocenters. The first-order valence-corrected chi connectivity index (χ1v) is 6.34. The molecule has 0 atom stereocenters. The number of benzene rings is 1. The molecule has 19 heavy (non-hydrogen) atoms. The molecule has 1 aliphatic carbocycles. The van der Waals surface area contributed by atoms with E-state index in [4.69, 9.17) is 10.5 Å². The van der Waals surface area contributed by atoms with Gasteiger partial charge >= 0.3 is 0 Å². The Balaban J connectivity index is 0.00000180. The number of nitrogens with two attached hydrogens (primary N) is 1. The van der Waals surface area contributed by atoms with Gasteiger partial charge in [-0.3, -0.25) is 4.79 Å². The zero-order valence-corrected chi connectivity index (χ0v) is 12.0. The molecule has 0 saturated heterocycles. The van der Waals surface area contributed by atoms with Crippen LogP contribution in [0.15, 0.2) is 24.3 Å². The zero-order valence-electron chi connectivity index (χ0n) is 11.1. The lowest BCUT2D eigenvalue weighted by atomic mass is 10.1. The van der Waals surface area contributed by atoms with Crippen LogP contribution in [0.1, 0.15) is 24.8 Å². The summed E-state index contributed by atoms with van der Waals surface area (Å²) in [4.78, 5) is 11.6. The summed E-state index contributed by atoms with van der Waals surface area (Å²) in [5, 5.41) is 2.89. The van der Waals surface area contributed by atoms with Gasteiger partial charge in [0.1, 0.15) is 5.75 Å². The van der Waals surface area contributed by atoms with E-state index >= 15 is 0 Å². The number of ether oxygens (including phenoxy) is 1. The standard InChI is InChI=1S/C14H20N2O2.ClH/c1-18-12-6-2-4-11(10-12)5-3-9-16-13(17)14(15)7-8-14;/h2,4,6,10H,3,5,7-9,15H2,1H3,(H,16,17);1H. The lowest BCUT2D eigenvalue weighted by Gasteiger charge is -2.10. The Bertz CT molecular complexity index is 433. The molecule has 1 fully saturated rings. The maximum atomic E-state index is 11.6. The highest BCUT2D eigenvalue weighted by Gasteiger charge is 2.45. The molecule has 3 N–H and O–H groups in total. The first kappa shape index (κ1) is 15.8. The monoisotopic (exact) mass is 284 g/mol. The lowest BCUT2D eigenvalue weighted by molar-refractivity contribution is -0.123. The van der Waals surface area contributed by atoms with Crippen molar-refractivity contribution in [3.05, 3.63) is 29.8 Å². The quantitative estimate of drug-likeness (QED) is 0.781. The number of hydrogen-bond donors (Lipinski definition) is 2. The van der Waals surface area contributed by atoms with Gasteiger partial charge in [-0.05, 0) is 43.4 Å². The number of rotatable bonds is 6. The SMILES string of the molecule is COc1cccc(CCCNC(=O)C2(N)CC2)c1.Cl. The maximum Gasteiger partial charge on any atom is 0.240 e. The second-order valence-electron chi connectivity index (χ2n) is 4.87. The van der Waals surface area contributed by atoms with Crippen LogP contribution >= 0.6 is 12.4 Å². The number of methoxy groups -OCH3 is 1. The van der Waals surface area contributed by atoms with Gasteiger partial charge in [0.2, 0.25) is 5.91 Å². The van der Waals surface area contributed by atoms with Gasteiger partial charge in [-0.25, -0.2) is 0 Å². The number of hydrogen-bond acceptors (Lipinski definition) is 3. The van der Waals surface area contributed by atoms with Crippen molar-refractivity contribution in [3.63, 3.8) is 0 Å². The summed E-state index contributed by atoms with van der Waals surface area (Å²) in [6, 6.07) is 7.99. The molecular formula is C14H21ClN2O2. The summed E-state index contributed by atoms with van der Waals surface area (Å²) in [5.41, 5.74) is 6.45. The van der Waals surface area contributed by atoms with Crippen molar-refractivity contribution in [1.29, 1.82) is 0 Å². The molecule has 1 aliphatic rings. The number of carbonyl (C=O) groups excluding carboxylic acids is 1. The Hall–Kier alpha value is -1.26. The summed E-state index contributed by atoms with van der Waals surface area (Å²) >= 11 is 0. The van der Waals surface area contributed by atoms with Gasteiger partial charge in [0.05, 0.1) is 12.6 Å². The Kier molecular flexibility index (Phi) is 5.63. The van der Waals surface area contributed by atoms with Gasteiger partial charge in [0, 0.05) is 6.54 Å². The Labute approximate surface area is 120 Å². The fraction of sp³-hybridized carbons (Fsp3) is 0.500. The van der Waals surface area contributed by atoms with E-state index in [0.29, 0.717) is 6.54 Å². The molecule has 0 aliphatic heterocycles. The largest absolute Gasteiger partial charge is 0.497 e. The van der Waals surface area contributed by atoms with Crippen molar-refractivity contribution < 1.29 is 9.53 Å². The minimum absolute atomic E-state index is 0. The van der Waals surface area contributed by atoms with Crippen molar-refractivity contribution in [3.8, 4) is 5.75 Å². The minimum atomic E-state index is -0.560. The van der Waals surface area contributed by atoms with E-state index < -0.39 is 5.54 Å². The topological polar surface area (TPSA) is 64.3 Å². The third-order valence-electron chi connectivity index (χ3n) is 3.30. The summed E-state index contributed by atoms with van der Waals surface area (Å²) in [6.07, 6.45) is 3.47. The van der Waals surface area contributed by atoms with E-state index in [1.165, 1.54) is 5.56 Å². The molecule has 1 aromatic carbocycles. The van der Waals surface area contributed by atoms with Crippen LogP contribution in [0.25, 0.3) is 0 Å². The van der Waals surface area contributed by atoms with Crippen LogP contribution in [0.3, 0.4) is 0 Å². The van der Waals surface area contributed by atoms with Crippen LogP contribution < -0.4 is 15.8 Å². The van der Waals surface area contributed by atoms with E-state index in [1.807, 2.05) is 18.2 Å². The molecule has 0 radical (unpaired) electrons. The molecule has 4 nitrogen and oxygen atoms in total. The Morgan fingerprint density at radius 3 is 2.84 bits per heavy atom.